The molecule has 1 N–H and O–H groups in total. The van der Waals surface area contributed by atoms with Crippen LogP contribution in [0.2, 0.25) is 0 Å². The molecule has 1 unspecified atom stereocenters. The summed E-state index contributed by atoms with van der Waals surface area (Å²) in [5.74, 6) is 0. The molecule has 0 aromatic heterocycles. The minimum atomic E-state index is 0.421. The van der Waals surface area contributed by atoms with Gasteiger partial charge in [0.1, 0.15) is 0 Å². The molecular weight excluding hydrogens is 116 g/mol. The third kappa shape index (κ3) is 2.00. The highest BCUT2D eigenvalue weighted by atomic mass is 16.5. The van der Waals surface area contributed by atoms with E-state index in [2.05, 4.69) is 5.32 Å². The maximum atomic E-state index is 8.17. The molecule has 1 aliphatic rings. The van der Waals surface area contributed by atoms with Crippen molar-refractivity contribution in [3.05, 3.63) is 0 Å². The highest BCUT2D eigenvalue weighted by molar-refractivity contribution is 4.79. The van der Waals surface area contributed by atoms with Gasteiger partial charge < -0.3 is 4.74 Å². The van der Waals surface area contributed by atoms with Crippen LogP contribution in [-0.2, 0) is 4.74 Å². The van der Waals surface area contributed by atoms with Crippen LogP contribution >= 0.6 is 0 Å². The van der Waals surface area contributed by atoms with E-state index in [4.69, 9.17) is 10.00 Å². The minimum Gasteiger partial charge on any atom is -0.380 e. The Morgan fingerprint density at radius 1 is 1.78 bits per heavy atom. The lowest BCUT2D eigenvalue weighted by molar-refractivity contribution is 0.190. The van der Waals surface area contributed by atoms with Gasteiger partial charge in [-0.2, -0.15) is 5.26 Å². The van der Waals surface area contributed by atoms with E-state index in [1.807, 2.05) is 6.07 Å². The highest BCUT2D eigenvalue weighted by Gasteiger charge is 2.13. The predicted octanol–water partition coefficient (Wildman–Crippen LogP) is -0.112. The van der Waals surface area contributed by atoms with Gasteiger partial charge in [-0.3, -0.25) is 5.32 Å². The highest BCUT2D eigenvalue weighted by Crippen LogP contribution is 2.01. The largest absolute Gasteiger partial charge is 0.380 e. The lowest BCUT2D eigenvalue weighted by atomic mass is 10.3. The van der Waals surface area contributed by atoms with Gasteiger partial charge in [0.15, 0.2) is 0 Å². The molecular formula is C6H10N2O. The maximum Gasteiger partial charge on any atom is 0.0843 e. The number of nitrogens with one attached hydrogen (secondary N) is 1. The molecule has 50 valence electrons. The van der Waals surface area contributed by atoms with Crippen LogP contribution in [-0.4, -0.2) is 25.8 Å². The summed E-state index contributed by atoms with van der Waals surface area (Å²) in [5.41, 5.74) is 0. The number of nitrogens with zero attached hydrogens (tertiary/aromatic N) is 1. The Kier molecular flexibility index (Phi) is 2.49. The van der Waals surface area contributed by atoms with E-state index in [1.165, 1.54) is 0 Å². The zero-order valence-corrected chi connectivity index (χ0v) is 5.26. The lowest BCUT2D eigenvalue weighted by Crippen LogP contribution is -2.29. The van der Waals surface area contributed by atoms with Crippen LogP contribution in [0, 0.1) is 11.3 Å². The van der Waals surface area contributed by atoms with E-state index in [-0.39, 0.29) is 0 Å². The number of ether oxygens (including phenoxy) is 1. The van der Waals surface area contributed by atoms with Crippen molar-refractivity contribution in [2.24, 2.45) is 0 Å². The third-order valence-electron chi connectivity index (χ3n) is 1.40. The summed E-state index contributed by atoms with van der Waals surface area (Å²) < 4.78 is 5.08. The molecule has 0 aliphatic carbocycles. The van der Waals surface area contributed by atoms with Gasteiger partial charge in [0.05, 0.1) is 19.2 Å². The Hall–Kier alpha value is -0.590. The van der Waals surface area contributed by atoms with Gasteiger partial charge in [-0.25, -0.2) is 0 Å². The third-order valence-corrected chi connectivity index (χ3v) is 1.40. The van der Waals surface area contributed by atoms with Crippen molar-refractivity contribution in [2.45, 2.75) is 12.5 Å². The van der Waals surface area contributed by atoms with Gasteiger partial charge in [0, 0.05) is 12.6 Å². The minimum absolute atomic E-state index is 0.421. The second kappa shape index (κ2) is 3.44. The second-order valence-corrected chi connectivity index (χ2v) is 2.10. The fourth-order valence-electron chi connectivity index (χ4n) is 0.885. The fourth-order valence-corrected chi connectivity index (χ4v) is 0.885. The van der Waals surface area contributed by atoms with Crippen molar-refractivity contribution in [1.29, 1.82) is 5.26 Å². The van der Waals surface area contributed by atoms with Crippen molar-refractivity contribution >= 4 is 0 Å². The van der Waals surface area contributed by atoms with Crippen LogP contribution in [0.15, 0.2) is 0 Å². The van der Waals surface area contributed by atoms with E-state index in [1.54, 1.807) is 0 Å². The number of nitriles is 1. The maximum absolute atomic E-state index is 8.17. The Morgan fingerprint density at radius 3 is 3.22 bits per heavy atom. The zero-order chi connectivity index (χ0) is 6.53. The standard InChI is InChI=1S/C6H10N2O/c7-2-3-8-6-1-4-9-5-6/h6,8H,1,3-5H2. The molecule has 1 heterocycles. The monoisotopic (exact) mass is 126 g/mol. The molecule has 0 saturated carbocycles. The summed E-state index contributed by atoms with van der Waals surface area (Å²) in [6.07, 6.45) is 1.04. The first-order valence-corrected chi connectivity index (χ1v) is 3.11. The molecule has 1 aliphatic heterocycles. The van der Waals surface area contributed by atoms with Crippen LogP contribution in [0.3, 0.4) is 0 Å². The first kappa shape index (κ1) is 6.53. The van der Waals surface area contributed by atoms with Gasteiger partial charge in [-0.15, -0.1) is 0 Å². The molecule has 0 spiro atoms. The molecule has 1 fully saturated rings. The average Bonchev–Trinajstić information content (AvgIpc) is 2.34. The molecule has 1 saturated heterocycles. The van der Waals surface area contributed by atoms with Crippen LogP contribution in [0.1, 0.15) is 6.42 Å². The van der Waals surface area contributed by atoms with E-state index >= 15 is 0 Å². The summed E-state index contributed by atoms with van der Waals surface area (Å²) in [6.45, 7) is 2.04. The predicted molar refractivity (Wildman–Crippen MR) is 32.8 cm³/mol. The second-order valence-electron chi connectivity index (χ2n) is 2.10. The van der Waals surface area contributed by atoms with E-state index in [9.17, 15) is 0 Å². The van der Waals surface area contributed by atoms with E-state index in [0.29, 0.717) is 12.6 Å². The normalized spacial score (nSPS) is 25.9. The van der Waals surface area contributed by atoms with Crippen LogP contribution in [0.5, 0.6) is 0 Å². The Morgan fingerprint density at radius 2 is 2.67 bits per heavy atom. The quantitative estimate of drug-likeness (QED) is 0.525. The Balaban J connectivity index is 2.06. The Bertz CT molecular complexity index is 113. The molecule has 3 nitrogen and oxygen atoms in total. The lowest BCUT2D eigenvalue weighted by Gasteiger charge is -2.04. The molecule has 0 radical (unpaired) electrons. The van der Waals surface area contributed by atoms with Gasteiger partial charge in [-0.1, -0.05) is 0 Å². The van der Waals surface area contributed by atoms with Gasteiger partial charge >= 0.3 is 0 Å². The summed E-state index contributed by atoms with van der Waals surface area (Å²) in [5, 5.41) is 11.2. The SMILES string of the molecule is N#CCNC1CCOC1. The average molecular weight is 126 g/mol. The van der Waals surface area contributed by atoms with E-state index in [0.717, 1.165) is 19.6 Å². The molecule has 9 heavy (non-hydrogen) atoms. The summed E-state index contributed by atoms with van der Waals surface area (Å²) in [7, 11) is 0. The smallest absolute Gasteiger partial charge is 0.0843 e. The molecule has 0 amide bonds. The van der Waals surface area contributed by atoms with Crippen molar-refractivity contribution in [1.82, 2.24) is 5.32 Å². The van der Waals surface area contributed by atoms with Crippen molar-refractivity contribution < 1.29 is 4.74 Å². The molecule has 0 aromatic rings. The zero-order valence-electron chi connectivity index (χ0n) is 5.26. The number of hydrogen-bond donors (Lipinski definition) is 1. The van der Waals surface area contributed by atoms with E-state index < -0.39 is 0 Å². The first-order valence-electron chi connectivity index (χ1n) is 3.11. The first-order chi connectivity index (χ1) is 4.43. The molecule has 0 aromatic carbocycles. The van der Waals surface area contributed by atoms with Crippen molar-refractivity contribution in [3.8, 4) is 6.07 Å². The number of hydrogen-bond acceptors (Lipinski definition) is 3. The van der Waals surface area contributed by atoms with Crippen LogP contribution in [0.25, 0.3) is 0 Å². The van der Waals surface area contributed by atoms with Gasteiger partial charge in [-0.05, 0) is 6.42 Å². The molecule has 1 atom stereocenters. The van der Waals surface area contributed by atoms with Crippen LogP contribution < -0.4 is 5.32 Å². The molecule has 0 bridgehead atoms. The van der Waals surface area contributed by atoms with Crippen LogP contribution in [0.4, 0.5) is 0 Å². The summed E-state index contributed by atoms with van der Waals surface area (Å²) in [4.78, 5) is 0. The number of rotatable bonds is 2. The fraction of sp³-hybridized carbons (Fsp3) is 0.833. The molecule has 1 rings (SSSR count). The summed E-state index contributed by atoms with van der Waals surface area (Å²) >= 11 is 0. The van der Waals surface area contributed by atoms with Gasteiger partial charge in [0.25, 0.3) is 0 Å². The topological polar surface area (TPSA) is 45.0 Å². The molecule has 3 heteroatoms. The van der Waals surface area contributed by atoms with Crippen molar-refractivity contribution in [2.75, 3.05) is 19.8 Å². The summed E-state index contributed by atoms with van der Waals surface area (Å²) in [6, 6.07) is 2.45. The van der Waals surface area contributed by atoms with Crippen molar-refractivity contribution in [3.63, 3.8) is 0 Å². The Labute approximate surface area is 54.6 Å². The van der Waals surface area contributed by atoms with Gasteiger partial charge in [0.2, 0.25) is 0 Å².